The molecule has 0 atom stereocenters. The molecule has 0 unspecified atom stereocenters. The van der Waals surface area contributed by atoms with Gasteiger partial charge in [0.2, 0.25) is 0 Å². The number of benzene rings is 2. The van der Waals surface area contributed by atoms with Crippen molar-refractivity contribution < 1.29 is 23.5 Å². The largest absolute Gasteiger partial charge is 0.494 e. The van der Waals surface area contributed by atoms with Crippen molar-refractivity contribution in [1.29, 1.82) is 0 Å². The van der Waals surface area contributed by atoms with Gasteiger partial charge in [-0.05, 0) is 63.1 Å². The van der Waals surface area contributed by atoms with Crippen LogP contribution in [0.5, 0.6) is 5.75 Å². The molecule has 31 heavy (non-hydrogen) atoms. The van der Waals surface area contributed by atoms with Crippen LogP contribution in [0.3, 0.4) is 0 Å². The third kappa shape index (κ3) is 5.49. The Morgan fingerprint density at radius 2 is 1.81 bits per heavy atom. The predicted octanol–water partition coefficient (Wildman–Crippen LogP) is 4.23. The van der Waals surface area contributed by atoms with Crippen LogP contribution < -0.4 is 10.1 Å². The molecule has 164 valence electrons. The summed E-state index contributed by atoms with van der Waals surface area (Å²) in [4.78, 5) is 27.5. The van der Waals surface area contributed by atoms with Crippen molar-refractivity contribution in [1.82, 2.24) is 4.90 Å². The van der Waals surface area contributed by atoms with Crippen LogP contribution in [0.4, 0.5) is 10.1 Å². The molecule has 0 aliphatic carbocycles. The molecule has 1 heterocycles. The van der Waals surface area contributed by atoms with Gasteiger partial charge >= 0.3 is 0 Å². The summed E-state index contributed by atoms with van der Waals surface area (Å²) < 4.78 is 24.6. The highest BCUT2D eigenvalue weighted by Crippen LogP contribution is 2.31. The van der Waals surface area contributed by atoms with E-state index in [2.05, 4.69) is 5.32 Å². The molecular weight excluding hydrogens is 399 g/mol. The molecule has 0 bridgehead atoms. The second kappa shape index (κ2) is 10.2. The highest BCUT2D eigenvalue weighted by atomic mass is 19.1. The van der Waals surface area contributed by atoms with Crippen molar-refractivity contribution in [3.05, 3.63) is 65.6 Å². The zero-order valence-corrected chi connectivity index (χ0v) is 18.0. The van der Waals surface area contributed by atoms with Crippen LogP contribution in [-0.4, -0.2) is 42.6 Å². The molecule has 6 nitrogen and oxygen atoms in total. The van der Waals surface area contributed by atoms with Crippen molar-refractivity contribution in [3.8, 4) is 5.75 Å². The smallest absolute Gasteiger partial charge is 0.278 e. The maximum Gasteiger partial charge on any atom is 0.278 e. The van der Waals surface area contributed by atoms with Gasteiger partial charge in [0.05, 0.1) is 18.3 Å². The Labute approximate surface area is 181 Å². The lowest BCUT2D eigenvalue weighted by Crippen LogP contribution is -2.34. The molecule has 0 saturated heterocycles. The van der Waals surface area contributed by atoms with E-state index in [0.29, 0.717) is 36.6 Å². The van der Waals surface area contributed by atoms with Crippen LogP contribution in [-0.2, 0) is 14.3 Å². The normalized spacial score (nSPS) is 14.0. The second-order valence-electron chi connectivity index (χ2n) is 7.38. The van der Waals surface area contributed by atoms with Gasteiger partial charge in [-0.25, -0.2) is 4.39 Å². The van der Waals surface area contributed by atoms with Gasteiger partial charge in [-0.15, -0.1) is 0 Å². The molecule has 0 radical (unpaired) electrons. The Hall–Kier alpha value is -3.19. The second-order valence-corrected chi connectivity index (χ2v) is 7.38. The Balaban J connectivity index is 1.90. The molecule has 2 amide bonds. The maximum absolute atomic E-state index is 13.7. The molecule has 0 aromatic heterocycles. The topological polar surface area (TPSA) is 67.9 Å². The van der Waals surface area contributed by atoms with Gasteiger partial charge in [0.1, 0.15) is 17.3 Å². The van der Waals surface area contributed by atoms with Crippen molar-refractivity contribution in [2.24, 2.45) is 0 Å². The van der Waals surface area contributed by atoms with Gasteiger partial charge in [-0.3, -0.25) is 14.5 Å². The first-order chi connectivity index (χ1) is 14.9. The number of hydrogen-bond donors (Lipinski definition) is 1. The van der Waals surface area contributed by atoms with E-state index in [0.717, 1.165) is 0 Å². The minimum atomic E-state index is -0.442. The summed E-state index contributed by atoms with van der Waals surface area (Å²) >= 11 is 0. The predicted molar refractivity (Wildman–Crippen MR) is 117 cm³/mol. The lowest BCUT2D eigenvalue weighted by atomic mass is 10.0. The summed E-state index contributed by atoms with van der Waals surface area (Å²) in [7, 11) is 0. The first-order valence-electron chi connectivity index (χ1n) is 10.4. The molecule has 0 fully saturated rings. The zero-order chi connectivity index (χ0) is 22.4. The fourth-order valence-electron chi connectivity index (χ4n) is 3.30. The van der Waals surface area contributed by atoms with Gasteiger partial charge in [-0.2, -0.15) is 0 Å². The quantitative estimate of drug-likeness (QED) is 0.455. The molecule has 0 saturated carbocycles. The fraction of sp³-hybridized carbons (Fsp3) is 0.333. The monoisotopic (exact) mass is 426 g/mol. The molecule has 7 heteroatoms. The van der Waals surface area contributed by atoms with Crippen molar-refractivity contribution in [3.63, 3.8) is 0 Å². The summed E-state index contributed by atoms with van der Waals surface area (Å²) in [5.74, 6) is -0.598. The van der Waals surface area contributed by atoms with Crippen molar-refractivity contribution >= 4 is 23.1 Å². The summed E-state index contributed by atoms with van der Waals surface area (Å²) in [6, 6.07) is 12.8. The number of amides is 2. The van der Waals surface area contributed by atoms with E-state index in [1.165, 1.54) is 23.1 Å². The third-order valence-corrected chi connectivity index (χ3v) is 4.69. The van der Waals surface area contributed by atoms with E-state index in [-0.39, 0.29) is 23.9 Å². The summed E-state index contributed by atoms with van der Waals surface area (Å²) in [6.07, 6.45) is 0.604. The van der Waals surface area contributed by atoms with Crippen LogP contribution in [0.15, 0.2) is 54.2 Å². The number of halogens is 1. The number of carbonyl (C=O) groups excluding carboxylic acids is 2. The van der Waals surface area contributed by atoms with E-state index in [4.69, 9.17) is 9.47 Å². The number of nitrogens with zero attached hydrogens (tertiary/aromatic N) is 1. The first-order valence-corrected chi connectivity index (χ1v) is 10.4. The molecule has 1 aliphatic rings. The van der Waals surface area contributed by atoms with Gasteiger partial charge in [0.15, 0.2) is 0 Å². The highest BCUT2D eigenvalue weighted by Gasteiger charge is 2.38. The van der Waals surface area contributed by atoms with Gasteiger partial charge in [0, 0.05) is 18.8 Å². The van der Waals surface area contributed by atoms with E-state index in [1.807, 2.05) is 20.8 Å². The Bertz CT molecular complexity index is 970. The number of ether oxygens (including phenoxy) is 2. The van der Waals surface area contributed by atoms with E-state index >= 15 is 0 Å². The molecule has 3 rings (SSSR count). The minimum absolute atomic E-state index is 0.0766. The number of imide groups is 1. The third-order valence-electron chi connectivity index (χ3n) is 4.69. The van der Waals surface area contributed by atoms with Crippen LogP contribution in [0.1, 0.15) is 32.8 Å². The summed E-state index contributed by atoms with van der Waals surface area (Å²) in [5, 5.41) is 2.95. The number of anilines is 1. The molecule has 2 aromatic carbocycles. The molecule has 0 spiro atoms. The van der Waals surface area contributed by atoms with E-state index in [9.17, 15) is 14.0 Å². The molecule has 1 N–H and O–H groups in total. The van der Waals surface area contributed by atoms with Crippen LogP contribution >= 0.6 is 0 Å². The average molecular weight is 426 g/mol. The zero-order valence-electron chi connectivity index (χ0n) is 18.0. The average Bonchev–Trinajstić information content (AvgIpc) is 2.96. The Kier molecular flexibility index (Phi) is 7.41. The van der Waals surface area contributed by atoms with Crippen LogP contribution in [0.25, 0.3) is 5.57 Å². The Morgan fingerprint density at radius 3 is 2.45 bits per heavy atom. The van der Waals surface area contributed by atoms with Crippen molar-refractivity contribution in [2.75, 3.05) is 25.1 Å². The molecule has 2 aromatic rings. The lowest BCUT2D eigenvalue weighted by Gasteiger charge is -2.16. The maximum atomic E-state index is 13.7. The Morgan fingerprint density at radius 1 is 1.06 bits per heavy atom. The SMILES string of the molecule is CCOc1ccc(C2=C(Nc3cccc(F)c3)C(=O)N(CCCOC(C)C)C2=O)cc1. The fourth-order valence-corrected chi connectivity index (χ4v) is 3.30. The lowest BCUT2D eigenvalue weighted by molar-refractivity contribution is -0.137. The summed E-state index contributed by atoms with van der Waals surface area (Å²) in [6.45, 7) is 6.95. The number of nitrogens with one attached hydrogen (secondary N) is 1. The van der Waals surface area contributed by atoms with E-state index < -0.39 is 17.6 Å². The van der Waals surface area contributed by atoms with Crippen molar-refractivity contribution in [2.45, 2.75) is 33.3 Å². The number of carbonyl (C=O) groups is 2. The van der Waals surface area contributed by atoms with Gasteiger partial charge in [0.25, 0.3) is 11.8 Å². The standard InChI is InChI=1S/C24H27FN2O4/c1-4-30-20-11-9-17(10-12-20)21-22(26-19-8-5-7-18(25)15-19)24(29)27(23(21)28)13-6-14-31-16(2)3/h5,7-12,15-16,26H,4,6,13-14H2,1-3H3. The van der Waals surface area contributed by atoms with Gasteiger partial charge < -0.3 is 14.8 Å². The molecular formula is C24H27FN2O4. The highest BCUT2D eigenvalue weighted by molar-refractivity contribution is 6.36. The molecule has 1 aliphatic heterocycles. The van der Waals surface area contributed by atoms with Crippen LogP contribution in [0, 0.1) is 5.82 Å². The van der Waals surface area contributed by atoms with Crippen LogP contribution in [0.2, 0.25) is 0 Å². The van der Waals surface area contributed by atoms with Gasteiger partial charge in [-0.1, -0.05) is 18.2 Å². The minimum Gasteiger partial charge on any atom is -0.494 e. The van der Waals surface area contributed by atoms with E-state index in [1.54, 1.807) is 30.3 Å². The number of hydrogen-bond acceptors (Lipinski definition) is 5. The summed E-state index contributed by atoms with van der Waals surface area (Å²) in [5.41, 5.74) is 1.36. The first kappa shape index (κ1) is 22.5. The number of rotatable bonds is 10.